The van der Waals surface area contributed by atoms with Crippen LogP contribution in [0.15, 0.2) is 0 Å². The Morgan fingerprint density at radius 1 is 1.10 bits per heavy atom. The molecule has 118 valence electrons. The molecule has 0 unspecified atom stereocenters. The van der Waals surface area contributed by atoms with Gasteiger partial charge in [0.2, 0.25) is 0 Å². The minimum atomic E-state index is -5.28. The maximum atomic E-state index is 12.7. The van der Waals surface area contributed by atoms with Crippen molar-refractivity contribution in [3.8, 4) is 0 Å². The Bertz CT molecular complexity index is 342. The highest BCUT2D eigenvalue weighted by atomic mass is 19.4. The van der Waals surface area contributed by atoms with E-state index in [0.717, 1.165) is 0 Å². The van der Waals surface area contributed by atoms with E-state index < -0.39 is 29.4 Å². The topological polar surface area (TPSA) is 46.6 Å². The van der Waals surface area contributed by atoms with Crippen LogP contribution in [0.2, 0.25) is 0 Å². The zero-order valence-electron chi connectivity index (χ0n) is 11.8. The van der Waals surface area contributed by atoms with Gasteiger partial charge >= 0.3 is 18.4 Å². The van der Waals surface area contributed by atoms with Gasteiger partial charge in [0.1, 0.15) is 6.04 Å². The van der Waals surface area contributed by atoms with Gasteiger partial charge in [0.25, 0.3) is 0 Å². The molecule has 0 aliphatic carbocycles. The molecule has 0 heterocycles. The second-order valence-corrected chi connectivity index (χ2v) is 5.26. The highest BCUT2D eigenvalue weighted by Gasteiger charge is 2.49. The van der Waals surface area contributed by atoms with Crippen molar-refractivity contribution in [1.82, 2.24) is 4.90 Å². The predicted octanol–water partition coefficient (Wildman–Crippen LogP) is 3.51. The fourth-order valence-electron chi connectivity index (χ4n) is 1.50. The van der Waals surface area contributed by atoms with Crippen molar-refractivity contribution in [2.24, 2.45) is 11.8 Å². The summed E-state index contributed by atoms with van der Waals surface area (Å²) in [6, 6.07) is -2.01. The van der Waals surface area contributed by atoms with Gasteiger partial charge in [-0.05, 0) is 18.3 Å². The molecule has 0 saturated heterocycles. The van der Waals surface area contributed by atoms with E-state index in [4.69, 9.17) is 4.74 Å². The lowest BCUT2D eigenvalue weighted by molar-refractivity contribution is -0.242. The van der Waals surface area contributed by atoms with Crippen LogP contribution in [0.25, 0.3) is 0 Å². The second-order valence-electron chi connectivity index (χ2n) is 5.26. The number of nitrogens with zero attached hydrogens (tertiary/aromatic N) is 1. The maximum Gasteiger partial charge on any atom is 0.489 e. The number of carbonyl (C=O) groups is 2. The molecule has 0 bridgehead atoms. The Kier molecular flexibility index (Phi) is 6.95. The van der Waals surface area contributed by atoms with Crippen molar-refractivity contribution in [1.29, 1.82) is 0 Å². The summed E-state index contributed by atoms with van der Waals surface area (Å²) in [7, 11) is 0. The number of hydrogen-bond acceptors (Lipinski definition) is 3. The van der Waals surface area contributed by atoms with Gasteiger partial charge in [0.05, 0.1) is 6.61 Å². The second kappa shape index (κ2) is 7.44. The maximum absolute atomic E-state index is 12.7. The van der Waals surface area contributed by atoms with Crippen LogP contribution in [-0.4, -0.2) is 36.0 Å². The van der Waals surface area contributed by atoms with E-state index in [1.165, 1.54) is 0 Å². The standard InChI is InChI=1S/C12H19F4NO3/c1-7(2)5-9(10(18)20-6-8(3)4)17(11(13)19)12(14,15)16/h7-9H,5-6H2,1-4H3/t9-/m0/s1. The van der Waals surface area contributed by atoms with E-state index in [0.29, 0.717) is 0 Å². The third kappa shape index (κ3) is 6.21. The van der Waals surface area contributed by atoms with Crippen LogP contribution >= 0.6 is 0 Å². The number of esters is 1. The normalized spacial score (nSPS) is 13.5. The zero-order chi connectivity index (χ0) is 16.1. The van der Waals surface area contributed by atoms with Gasteiger partial charge in [-0.15, -0.1) is 17.6 Å². The van der Waals surface area contributed by atoms with E-state index in [2.05, 4.69) is 0 Å². The molecule has 20 heavy (non-hydrogen) atoms. The lowest BCUT2D eigenvalue weighted by atomic mass is 10.0. The van der Waals surface area contributed by atoms with Crippen molar-refractivity contribution in [3.05, 3.63) is 0 Å². The minimum absolute atomic E-state index is 0.0842. The molecule has 0 aliphatic rings. The minimum Gasteiger partial charge on any atom is -0.464 e. The summed E-state index contributed by atoms with van der Waals surface area (Å²) in [6.45, 7) is 6.42. The van der Waals surface area contributed by atoms with Gasteiger partial charge < -0.3 is 4.74 Å². The van der Waals surface area contributed by atoms with E-state index >= 15 is 0 Å². The fraction of sp³-hybridized carbons (Fsp3) is 0.833. The van der Waals surface area contributed by atoms with Crippen LogP contribution in [0.1, 0.15) is 34.1 Å². The fourth-order valence-corrected chi connectivity index (χ4v) is 1.50. The summed E-state index contributed by atoms with van der Waals surface area (Å²) in [4.78, 5) is 21.3. The molecule has 0 aromatic heterocycles. The third-order valence-electron chi connectivity index (χ3n) is 2.30. The molecule has 0 spiro atoms. The molecular weight excluding hydrogens is 282 g/mol. The highest BCUT2D eigenvalue weighted by molar-refractivity contribution is 5.81. The lowest BCUT2D eigenvalue weighted by Crippen LogP contribution is -2.52. The van der Waals surface area contributed by atoms with Gasteiger partial charge in [-0.2, -0.15) is 0 Å². The summed E-state index contributed by atoms with van der Waals surface area (Å²) in [5, 5.41) is 0. The molecule has 8 heteroatoms. The Morgan fingerprint density at radius 3 is 1.90 bits per heavy atom. The number of ether oxygens (including phenoxy) is 1. The zero-order valence-corrected chi connectivity index (χ0v) is 11.8. The van der Waals surface area contributed by atoms with Gasteiger partial charge in [-0.1, -0.05) is 27.7 Å². The molecule has 0 saturated carbocycles. The predicted molar refractivity (Wildman–Crippen MR) is 63.4 cm³/mol. The van der Waals surface area contributed by atoms with Crippen LogP contribution in [0.4, 0.5) is 22.4 Å². The van der Waals surface area contributed by atoms with Crippen LogP contribution in [0, 0.1) is 11.8 Å². The summed E-state index contributed by atoms with van der Waals surface area (Å²) in [6.07, 6.45) is -8.33. The Labute approximate surface area is 115 Å². The first kappa shape index (κ1) is 18.7. The molecular formula is C12H19F4NO3. The average molecular weight is 301 g/mol. The van der Waals surface area contributed by atoms with Crippen molar-refractivity contribution >= 4 is 12.1 Å². The third-order valence-corrected chi connectivity index (χ3v) is 2.30. The Morgan fingerprint density at radius 2 is 1.60 bits per heavy atom. The first-order valence-corrected chi connectivity index (χ1v) is 6.19. The number of halogens is 4. The molecule has 4 nitrogen and oxygen atoms in total. The number of hydrogen-bond donors (Lipinski definition) is 0. The summed E-state index contributed by atoms with van der Waals surface area (Å²) in [5.41, 5.74) is 0. The van der Waals surface area contributed by atoms with E-state index in [9.17, 15) is 27.2 Å². The summed E-state index contributed by atoms with van der Waals surface area (Å²) in [5.74, 6) is -1.69. The smallest absolute Gasteiger partial charge is 0.464 e. The van der Waals surface area contributed by atoms with Gasteiger partial charge in [0.15, 0.2) is 0 Å². The molecule has 0 fully saturated rings. The van der Waals surface area contributed by atoms with Gasteiger partial charge in [-0.25, -0.2) is 14.5 Å². The summed E-state index contributed by atoms with van der Waals surface area (Å²) < 4.78 is 55.4. The monoisotopic (exact) mass is 301 g/mol. The van der Waals surface area contributed by atoms with Crippen molar-refractivity contribution in [3.63, 3.8) is 0 Å². The van der Waals surface area contributed by atoms with Crippen LogP contribution in [0.3, 0.4) is 0 Å². The Balaban J connectivity index is 5.20. The molecule has 0 aliphatic heterocycles. The lowest BCUT2D eigenvalue weighted by Gasteiger charge is -2.30. The number of rotatable bonds is 6. The first-order valence-electron chi connectivity index (χ1n) is 6.19. The Hall–Kier alpha value is -1.34. The molecule has 0 aromatic carbocycles. The SMILES string of the molecule is CC(C)COC(=O)[C@H](CC(C)C)N(C(=O)F)C(F)(F)F. The largest absolute Gasteiger partial charge is 0.489 e. The number of carbonyl (C=O) groups excluding carboxylic acids is 2. The van der Waals surface area contributed by atoms with E-state index in [1.54, 1.807) is 27.7 Å². The van der Waals surface area contributed by atoms with Crippen LogP contribution in [0.5, 0.6) is 0 Å². The van der Waals surface area contributed by atoms with E-state index in [-0.39, 0.29) is 24.9 Å². The van der Waals surface area contributed by atoms with Gasteiger partial charge in [-0.3, -0.25) is 0 Å². The molecule has 0 aromatic rings. The highest BCUT2D eigenvalue weighted by Crippen LogP contribution is 2.28. The molecule has 1 amide bonds. The molecule has 0 rings (SSSR count). The van der Waals surface area contributed by atoms with Crippen LogP contribution in [-0.2, 0) is 9.53 Å². The molecule has 0 N–H and O–H groups in total. The van der Waals surface area contributed by atoms with Crippen molar-refractivity contribution in [2.75, 3.05) is 6.61 Å². The van der Waals surface area contributed by atoms with E-state index in [1.807, 2.05) is 0 Å². The van der Waals surface area contributed by atoms with Crippen molar-refractivity contribution in [2.45, 2.75) is 46.5 Å². The quantitative estimate of drug-likeness (QED) is 0.326. The first-order chi connectivity index (χ1) is 8.96. The molecule has 0 radical (unpaired) electrons. The number of amides is 1. The average Bonchev–Trinajstić information content (AvgIpc) is 2.21. The summed E-state index contributed by atoms with van der Waals surface area (Å²) >= 11 is 0. The van der Waals surface area contributed by atoms with Crippen molar-refractivity contribution < 1.29 is 31.9 Å². The number of alkyl halides is 3. The molecule has 1 atom stereocenters. The van der Waals surface area contributed by atoms with Gasteiger partial charge in [0, 0.05) is 0 Å². The van der Waals surface area contributed by atoms with Crippen LogP contribution < -0.4 is 0 Å².